The largest absolute Gasteiger partial charge is 0.461 e. The topological polar surface area (TPSA) is 43.6 Å². The molecule has 0 aliphatic heterocycles. The molecular weight excluding hydrogens is 199 g/mol. The van der Waals surface area contributed by atoms with Gasteiger partial charge in [-0.15, -0.1) is 10.2 Å². The van der Waals surface area contributed by atoms with Crippen LogP contribution in [-0.4, -0.2) is 26.4 Å². The molecule has 73 valence electrons. The highest BCUT2D eigenvalue weighted by molar-refractivity contribution is 4.95. The van der Waals surface area contributed by atoms with Gasteiger partial charge in [-0.05, 0) is 5.21 Å². The average molecular weight is 201 g/mol. The van der Waals surface area contributed by atoms with Crippen molar-refractivity contribution in [2.24, 2.45) is 0 Å². The van der Waals surface area contributed by atoms with Crippen LogP contribution >= 0.6 is 0 Å². The standard InChI is InChI=1S/C4H2F5N4/c1-13-11-2(10-12-13)3(5,6)4(7,8)9/h1H2. The summed E-state index contributed by atoms with van der Waals surface area (Å²) < 4.78 is 59.6. The van der Waals surface area contributed by atoms with Crippen molar-refractivity contribution in [1.29, 1.82) is 0 Å². The maximum Gasteiger partial charge on any atom is 0.461 e. The van der Waals surface area contributed by atoms with E-state index in [1.54, 1.807) is 0 Å². The van der Waals surface area contributed by atoms with E-state index in [4.69, 9.17) is 0 Å². The van der Waals surface area contributed by atoms with E-state index in [-0.39, 0.29) is 4.80 Å². The van der Waals surface area contributed by atoms with Crippen LogP contribution in [0.15, 0.2) is 0 Å². The minimum Gasteiger partial charge on any atom is -0.187 e. The Labute approximate surface area is 68.3 Å². The first-order chi connectivity index (χ1) is 5.75. The van der Waals surface area contributed by atoms with Gasteiger partial charge < -0.3 is 0 Å². The summed E-state index contributed by atoms with van der Waals surface area (Å²) in [6.45, 7) is 0. The third-order valence-electron chi connectivity index (χ3n) is 1.09. The van der Waals surface area contributed by atoms with Crippen LogP contribution in [-0.2, 0) is 5.92 Å². The Bertz CT molecular complexity index is 302. The highest BCUT2D eigenvalue weighted by Gasteiger charge is 2.62. The van der Waals surface area contributed by atoms with Gasteiger partial charge >= 0.3 is 12.1 Å². The second-order valence-corrected chi connectivity index (χ2v) is 2.06. The molecule has 0 atom stereocenters. The van der Waals surface area contributed by atoms with Gasteiger partial charge in [-0.3, -0.25) is 0 Å². The molecule has 0 aliphatic carbocycles. The molecule has 0 saturated heterocycles. The third-order valence-corrected chi connectivity index (χ3v) is 1.09. The fourth-order valence-corrected chi connectivity index (χ4v) is 0.496. The molecule has 0 spiro atoms. The molecule has 1 aromatic rings. The minimum atomic E-state index is -5.73. The lowest BCUT2D eigenvalue weighted by atomic mass is 10.3. The Morgan fingerprint density at radius 1 is 1.15 bits per heavy atom. The number of nitrogens with zero attached hydrogens (tertiary/aromatic N) is 4. The quantitative estimate of drug-likeness (QED) is 0.635. The van der Waals surface area contributed by atoms with Crippen molar-refractivity contribution in [2.75, 3.05) is 0 Å². The summed E-state index contributed by atoms with van der Waals surface area (Å²) in [5.41, 5.74) is 0. The van der Waals surface area contributed by atoms with E-state index in [1.807, 2.05) is 0 Å². The summed E-state index contributed by atoms with van der Waals surface area (Å²) in [6.07, 6.45) is -5.73. The first-order valence-electron chi connectivity index (χ1n) is 2.81. The van der Waals surface area contributed by atoms with Crippen LogP contribution < -0.4 is 0 Å². The molecular formula is C4H2F5N4. The molecule has 0 unspecified atom stereocenters. The maximum atomic E-state index is 12.3. The number of alkyl halides is 5. The lowest BCUT2D eigenvalue weighted by molar-refractivity contribution is -0.292. The van der Waals surface area contributed by atoms with E-state index in [9.17, 15) is 22.0 Å². The molecule has 0 N–H and O–H groups in total. The van der Waals surface area contributed by atoms with Crippen molar-refractivity contribution in [3.05, 3.63) is 12.9 Å². The lowest BCUT2D eigenvalue weighted by Gasteiger charge is -2.14. The van der Waals surface area contributed by atoms with Crippen molar-refractivity contribution in [3.63, 3.8) is 0 Å². The van der Waals surface area contributed by atoms with E-state index in [0.29, 0.717) is 0 Å². The van der Waals surface area contributed by atoms with E-state index in [1.165, 1.54) is 0 Å². The molecule has 1 rings (SSSR count). The monoisotopic (exact) mass is 201 g/mol. The van der Waals surface area contributed by atoms with Gasteiger partial charge in [0.25, 0.3) is 5.82 Å². The number of rotatable bonds is 1. The third kappa shape index (κ3) is 1.58. The zero-order valence-electron chi connectivity index (χ0n) is 5.89. The van der Waals surface area contributed by atoms with Gasteiger partial charge in [0.05, 0.1) is 7.05 Å². The van der Waals surface area contributed by atoms with Gasteiger partial charge in [-0.25, -0.2) is 0 Å². The van der Waals surface area contributed by atoms with Crippen molar-refractivity contribution < 1.29 is 22.0 Å². The van der Waals surface area contributed by atoms with Crippen LogP contribution in [0.1, 0.15) is 5.82 Å². The van der Waals surface area contributed by atoms with Gasteiger partial charge in [0, 0.05) is 0 Å². The van der Waals surface area contributed by atoms with Crippen molar-refractivity contribution in [2.45, 2.75) is 12.1 Å². The minimum absolute atomic E-state index is 0.273. The predicted molar refractivity (Wildman–Crippen MR) is 28.5 cm³/mol. The predicted octanol–water partition coefficient (Wildman–Crippen LogP) is 0.967. The molecule has 1 heterocycles. The maximum absolute atomic E-state index is 12.3. The lowest BCUT2D eigenvalue weighted by Crippen LogP contribution is -2.34. The first kappa shape index (κ1) is 9.81. The Morgan fingerprint density at radius 2 is 1.69 bits per heavy atom. The van der Waals surface area contributed by atoms with Gasteiger partial charge in [0.1, 0.15) is 0 Å². The smallest absolute Gasteiger partial charge is 0.187 e. The summed E-state index contributed by atoms with van der Waals surface area (Å²) in [7, 11) is 2.87. The zero-order valence-corrected chi connectivity index (χ0v) is 5.89. The molecule has 0 bridgehead atoms. The summed E-state index contributed by atoms with van der Waals surface area (Å²) in [6, 6.07) is 0. The van der Waals surface area contributed by atoms with Crippen LogP contribution in [0.2, 0.25) is 0 Å². The molecule has 1 radical (unpaired) electrons. The number of hydrogen-bond acceptors (Lipinski definition) is 3. The average Bonchev–Trinajstić information content (AvgIpc) is 2.33. The zero-order chi connectivity index (χ0) is 10.3. The number of tetrazole rings is 1. The number of aromatic nitrogens is 4. The van der Waals surface area contributed by atoms with Crippen LogP contribution in [0.4, 0.5) is 22.0 Å². The van der Waals surface area contributed by atoms with E-state index in [0.717, 1.165) is 0 Å². The molecule has 0 fully saturated rings. The fourth-order valence-electron chi connectivity index (χ4n) is 0.496. The highest BCUT2D eigenvalue weighted by atomic mass is 19.4. The van der Waals surface area contributed by atoms with Crippen molar-refractivity contribution in [1.82, 2.24) is 20.2 Å². The van der Waals surface area contributed by atoms with E-state index < -0.39 is 17.9 Å². The van der Waals surface area contributed by atoms with Crippen LogP contribution in [0.25, 0.3) is 0 Å². The molecule has 13 heavy (non-hydrogen) atoms. The normalized spacial score (nSPS) is 13.4. The molecule has 0 aliphatic rings. The van der Waals surface area contributed by atoms with Crippen molar-refractivity contribution in [3.8, 4) is 0 Å². The van der Waals surface area contributed by atoms with Crippen LogP contribution in [0.5, 0.6) is 0 Å². The molecule has 0 aromatic carbocycles. The summed E-state index contributed by atoms with van der Waals surface area (Å²) in [4.78, 5) is 0.273. The SMILES string of the molecule is [CH2]n1nnc(C(F)(F)C(F)(F)F)n1. The molecule has 0 saturated carbocycles. The fraction of sp³-hybridized carbons (Fsp3) is 0.500. The highest BCUT2D eigenvalue weighted by Crippen LogP contribution is 2.41. The molecule has 4 nitrogen and oxygen atoms in total. The van der Waals surface area contributed by atoms with Crippen molar-refractivity contribution >= 4 is 0 Å². The molecule has 9 heteroatoms. The Kier molecular flexibility index (Phi) is 1.96. The van der Waals surface area contributed by atoms with Gasteiger partial charge in [-0.2, -0.15) is 26.7 Å². The second-order valence-electron chi connectivity index (χ2n) is 2.06. The van der Waals surface area contributed by atoms with Crippen LogP contribution in [0.3, 0.4) is 0 Å². The Balaban J connectivity index is 3.07. The van der Waals surface area contributed by atoms with Gasteiger partial charge in [0.2, 0.25) is 0 Å². The van der Waals surface area contributed by atoms with Gasteiger partial charge in [0.15, 0.2) is 0 Å². The van der Waals surface area contributed by atoms with E-state index >= 15 is 0 Å². The summed E-state index contributed by atoms with van der Waals surface area (Å²) in [5, 5.41) is 7.95. The summed E-state index contributed by atoms with van der Waals surface area (Å²) >= 11 is 0. The van der Waals surface area contributed by atoms with Gasteiger partial charge in [-0.1, -0.05) is 0 Å². The van der Waals surface area contributed by atoms with Crippen LogP contribution in [0, 0.1) is 7.05 Å². The molecule has 1 aromatic heterocycles. The second kappa shape index (κ2) is 2.60. The summed E-state index contributed by atoms with van der Waals surface area (Å²) in [5.74, 6) is -6.81. The van der Waals surface area contributed by atoms with E-state index in [2.05, 4.69) is 22.5 Å². The Morgan fingerprint density at radius 3 is 2.00 bits per heavy atom. The Hall–Kier alpha value is -1.28. The number of halogens is 5. The molecule has 0 amide bonds. The number of hydrogen-bond donors (Lipinski definition) is 0. The first-order valence-corrected chi connectivity index (χ1v) is 2.81.